The molecular formula is C17H22O. The Morgan fingerprint density at radius 1 is 1.22 bits per heavy atom. The monoisotopic (exact) mass is 242 g/mol. The zero-order valence-corrected chi connectivity index (χ0v) is 11.0. The van der Waals surface area contributed by atoms with E-state index >= 15 is 0 Å². The van der Waals surface area contributed by atoms with Crippen LogP contribution in [0.2, 0.25) is 0 Å². The molecule has 0 N–H and O–H groups in total. The Morgan fingerprint density at radius 2 is 1.89 bits per heavy atom. The topological polar surface area (TPSA) is 17.1 Å². The van der Waals surface area contributed by atoms with Crippen molar-refractivity contribution < 1.29 is 4.79 Å². The van der Waals surface area contributed by atoms with Gasteiger partial charge in [-0.1, -0.05) is 49.2 Å². The van der Waals surface area contributed by atoms with Crippen molar-refractivity contribution in [3.05, 3.63) is 48.6 Å². The predicted molar refractivity (Wildman–Crippen MR) is 75.6 cm³/mol. The summed E-state index contributed by atoms with van der Waals surface area (Å²) >= 11 is 0. The number of allylic oxidation sites excluding steroid dienone is 1. The van der Waals surface area contributed by atoms with E-state index in [-0.39, 0.29) is 5.41 Å². The number of benzene rings is 1. The molecule has 2 rings (SSSR count). The molecule has 0 unspecified atom stereocenters. The van der Waals surface area contributed by atoms with Crippen molar-refractivity contribution in [2.75, 3.05) is 0 Å². The van der Waals surface area contributed by atoms with Gasteiger partial charge in [-0.3, -0.25) is 4.79 Å². The zero-order chi connectivity index (χ0) is 12.8. The van der Waals surface area contributed by atoms with E-state index in [2.05, 4.69) is 18.7 Å². The van der Waals surface area contributed by atoms with Crippen molar-refractivity contribution in [2.24, 2.45) is 0 Å². The first-order valence-electron chi connectivity index (χ1n) is 6.99. The van der Waals surface area contributed by atoms with Crippen LogP contribution in [0.25, 0.3) is 0 Å². The van der Waals surface area contributed by atoms with E-state index < -0.39 is 0 Å². The van der Waals surface area contributed by atoms with E-state index in [9.17, 15) is 4.79 Å². The van der Waals surface area contributed by atoms with Crippen LogP contribution in [0.5, 0.6) is 0 Å². The Labute approximate surface area is 110 Å². The summed E-state index contributed by atoms with van der Waals surface area (Å²) in [6, 6.07) is 10.4. The second-order valence-electron chi connectivity index (χ2n) is 5.26. The molecule has 0 radical (unpaired) electrons. The van der Waals surface area contributed by atoms with E-state index in [4.69, 9.17) is 0 Å². The first-order valence-corrected chi connectivity index (χ1v) is 6.99. The summed E-state index contributed by atoms with van der Waals surface area (Å²) < 4.78 is 0. The van der Waals surface area contributed by atoms with Crippen molar-refractivity contribution in [3.8, 4) is 0 Å². The van der Waals surface area contributed by atoms with Gasteiger partial charge in [0.15, 0.2) is 0 Å². The molecule has 0 amide bonds. The molecule has 1 nitrogen and oxygen atoms in total. The van der Waals surface area contributed by atoms with Crippen molar-refractivity contribution >= 4 is 5.78 Å². The molecule has 96 valence electrons. The summed E-state index contributed by atoms with van der Waals surface area (Å²) in [6.45, 7) is 3.72. The van der Waals surface area contributed by atoms with E-state index in [0.717, 1.165) is 25.7 Å². The Hall–Kier alpha value is -1.37. The Morgan fingerprint density at radius 3 is 2.50 bits per heavy atom. The van der Waals surface area contributed by atoms with Crippen LogP contribution in [0.15, 0.2) is 43.0 Å². The lowest BCUT2D eigenvalue weighted by Crippen LogP contribution is -2.32. The molecule has 1 heteroatoms. The van der Waals surface area contributed by atoms with Crippen molar-refractivity contribution in [2.45, 2.75) is 50.4 Å². The minimum Gasteiger partial charge on any atom is -0.299 e. The molecule has 18 heavy (non-hydrogen) atoms. The average Bonchev–Trinajstić information content (AvgIpc) is 2.90. The fourth-order valence-electron chi connectivity index (χ4n) is 3.11. The summed E-state index contributed by atoms with van der Waals surface area (Å²) in [6.07, 6.45) is 8.91. The molecular weight excluding hydrogens is 220 g/mol. The van der Waals surface area contributed by atoms with Crippen LogP contribution in [0.4, 0.5) is 0 Å². The molecule has 1 aliphatic carbocycles. The molecule has 1 saturated carbocycles. The summed E-state index contributed by atoms with van der Waals surface area (Å²) in [5.74, 6) is 0.438. The SMILES string of the molecule is C=CCCCC(=O)C1(c2ccccc2)CCCC1. The maximum atomic E-state index is 12.6. The average molecular weight is 242 g/mol. The van der Waals surface area contributed by atoms with Gasteiger partial charge in [0.25, 0.3) is 0 Å². The number of hydrogen-bond donors (Lipinski definition) is 0. The van der Waals surface area contributed by atoms with Gasteiger partial charge >= 0.3 is 0 Å². The summed E-state index contributed by atoms with van der Waals surface area (Å²) in [7, 11) is 0. The fourth-order valence-corrected chi connectivity index (χ4v) is 3.11. The zero-order valence-electron chi connectivity index (χ0n) is 11.0. The van der Waals surface area contributed by atoms with E-state index in [1.165, 1.54) is 18.4 Å². The van der Waals surface area contributed by atoms with Gasteiger partial charge in [-0.25, -0.2) is 0 Å². The smallest absolute Gasteiger partial charge is 0.143 e. The van der Waals surface area contributed by atoms with Crippen molar-refractivity contribution in [3.63, 3.8) is 0 Å². The molecule has 0 aromatic heterocycles. The summed E-state index contributed by atoms with van der Waals surface area (Å²) in [5.41, 5.74) is 1.05. The van der Waals surface area contributed by atoms with E-state index in [1.54, 1.807) is 0 Å². The Balaban J connectivity index is 2.17. The summed E-state index contributed by atoms with van der Waals surface area (Å²) in [4.78, 5) is 12.6. The molecule has 0 saturated heterocycles. The molecule has 1 fully saturated rings. The second kappa shape index (κ2) is 5.99. The molecule has 0 spiro atoms. The number of carbonyl (C=O) groups is 1. The van der Waals surface area contributed by atoms with Crippen molar-refractivity contribution in [1.29, 1.82) is 0 Å². The van der Waals surface area contributed by atoms with Gasteiger partial charge < -0.3 is 0 Å². The second-order valence-corrected chi connectivity index (χ2v) is 5.26. The lowest BCUT2D eigenvalue weighted by molar-refractivity contribution is -0.124. The van der Waals surface area contributed by atoms with E-state index in [0.29, 0.717) is 12.2 Å². The minimum absolute atomic E-state index is 0.178. The lowest BCUT2D eigenvalue weighted by atomic mass is 9.74. The Bertz CT molecular complexity index is 399. The molecule has 0 bridgehead atoms. The first kappa shape index (κ1) is 13.1. The van der Waals surface area contributed by atoms with Crippen LogP contribution in [0, 0.1) is 0 Å². The largest absolute Gasteiger partial charge is 0.299 e. The third kappa shape index (κ3) is 2.55. The standard InChI is InChI=1S/C17H22O/c1-2-3-5-12-16(18)17(13-8-9-14-17)15-10-6-4-7-11-15/h2,4,6-7,10-11H,1,3,5,8-9,12-14H2. The molecule has 0 heterocycles. The number of Topliss-reactive ketones (excluding diaryl/α,β-unsaturated/α-hetero) is 1. The van der Waals surface area contributed by atoms with Gasteiger partial charge in [-0.2, -0.15) is 0 Å². The number of ketones is 1. The van der Waals surface area contributed by atoms with Crippen LogP contribution in [0.1, 0.15) is 50.5 Å². The molecule has 1 aromatic carbocycles. The predicted octanol–water partition coefficient (Wildman–Crippen LogP) is 4.42. The van der Waals surface area contributed by atoms with Crippen LogP contribution < -0.4 is 0 Å². The maximum absolute atomic E-state index is 12.6. The highest BCUT2D eigenvalue weighted by atomic mass is 16.1. The van der Waals surface area contributed by atoms with Gasteiger partial charge in [-0.05, 0) is 31.2 Å². The summed E-state index contributed by atoms with van der Waals surface area (Å²) in [5, 5.41) is 0. The highest BCUT2D eigenvalue weighted by Gasteiger charge is 2.41. The van der Waals surface area contributed by atoms with Crippen LogP contribution in [-0.2, 0) is 10.2 Å². The molecule has 0 aliphatic heterocycles. The lowest BCUT2D eigenvalue weighted by Gasteiger charge is -2.28. The molecule has 0 atom stereocenters. The molecule has 1 aliphatic rings. The molecule has 1 aromatic rings. The van der Waals surface area contributed by atoms with E-state index in [1.807, 2.05) is 24.3 Å². The fraction of sp³-hybridized carbons (Fsp3) is 0.471. The van der Waals surface area contributed by atoms with Crippen LogP contribution in [-0.4, -0.2) is 5.78 Å². The van der Waals surface area contributed by atoms with Gasteiger partial charge in [0.1, 0.15) is 5.78 Å². The van der Waals surface area contributed by atoms with Gasteiger partial charge in [-0.15, -0.1) is 6.58 Å². The normalized spacial score (nSPS) is 17.6. The number of hydrogen-bond acceptors (Lipinski definition) is 1. The highest BCUT2D eigenvalue weighted by Crippen LogP contribution is 2.42. The third-order valence-corrected chi connectivity index (χ3v) is 4.13. The van der Waals surface area contributed by atoms with Crippen LogP contribution >= 0.6 is 0 Å². The highest BCUT2D eigenvalue weighted by molar-refractivity contribution is 5.90. The van der Waals surface area contributed by atoms with Gasteiger partial charge in [0.05, 0.1) is 5.41 Å². The number of rotatable bonds is 6. The van der Waals surface area contributed by atoms with Gasteiger partial charge in [0.2, 0.25) is 0 Å². The van der Waals surface area contributed by atoms with Crippen molar-refractivity contribution in [1.82, 2.24) is 0 Å². The minimum atomic E-state index is -0.178. The van der Waals surface area contributed by atoms with Gasteiger partial charge in [0, 0.05) is 6.42 Å². The third-order valence-electron chi connectivity index (χ3n) is 4.13. The first-order chi connectivity index (χ1) is 8.79. The number of unbranched alkanes of at least 4 members (excludes halogenated alkanes) is 1. The number of carbonyl (C=O) groups excluding carboxylic acids is 1. The maximum Gasteiger partial charge on any atom is 0.143 e. The quantitative estimate of drug-likeness (QED) is 0.533. The van der Waals surface area contributed by atoms with Crippen LogP contribution in [0.3, 0.4) is 0 Å². The Kier molecular flexibility index (Phi) is 4.35.